The number of hydrogen-bond donors (Lipinski definition) is 1. The van der Waals surface area contributed by atoms with Crippen molar-refractivity contribution < 1.29 is 22.0 Å². The zero-order valence-electron chi connectivity index (χ0n) is 11.7. The maximum Gasteiger partial charge on any atom is 0.216 e. The van der Waals surface area contributed by atoms with Gasteiger partial charge in [0.2, 0.25) is 5.91 Å². The molecule has 1 amide bonds. The van der Waals surface area contributed by atoms with Gasteiger partial charge in [-0.3, -0.25) is 4.79 Å². The average Bonchev–Trinajstić information content (AvgIpc) is 2.79. The van der Waals surface area contributed by atoms with E-state index >= 15 is 0 Å². The highest BCUT2D eigenvalue weighted by Gasteiger charge is 2.35. The zero-order chi connectivity index (χ0) is 15.6. The zero-order valence-corrected chi connectivity index (χ0v) is 12.5. The van der Waals surface area contributed by atoms with Crippen molar-refractivity contribution >= 4 is 15.7 Å². The van der Waals surface area contributed by atoms with Crippen LogP contribution in [-0.4, -0.2) is 26.6 Å². The van der Waals surface area contributed by atoms with Crippen LogP contribution >= 0.6 is 0 Å². The van der Waals surface area contributed by atoms with Crippen molar-refractivity contribution in [3.05, 3.63) is 34.9 Å². The number of carbonyl (C=O) groups excluding carboxylic acids is 1. The van der Waals surface area contributed by atoms with E-state index in [4.69, 9.17) is 0 Å². The molecule has 1 unspecified atom stereocenters. The molecule has 0 saturated heterocycles. The van der Waals surface area contributed by atoms with Crippen molar-refractivity contribution in [2.24, 2.45) is 0 Å². The molecule has 0 aromatic heterocycles. The molecule has 2 rings (SSSR count). The highest BCUT2D eigenvalue weighted by Crippen LogP contribution is 2.39. The molecule has 0 radical (unpaired) electrons. The minimum absolute atomic E-state index is 0.116. The third-order valence-electron chi connectivity index (χ3n) is 3.61. The Balaban J connectivity index is 2.12. The van der Waals surface area contributed by atoms with Gasteiger partial charge < -0.3 is 5.32 Å². The summed E-state index contributed by atoms with van der Waals surface area (Å²) in [5.41, 5.74) is 0.541. The molecule has 0 spiro atoms. The average molecular weight is 317 g/mol. The second kappa shape index (κ2) is 6.09. The number of sulfone groups is 1. The summed E-state index contributed by atoms with van der Waals surface area (Å²) in [6.07, 6.45) is 0.862. The van der Waals surface area contributed by atoms with E-state index in [0.29, 0.717) is 12.0 Å². The summed E-state index contributed by atoms with van der Waals surface area (Å²) in [6.45, 7) is 1.62. The highest BCUT2D eigenvalue weighted by molar-refractivity contribution is 7.91. The highest BCUT2D eigenvalue weighted by atomic mass is 32.2. The van der Waals surface area contributed by atoms with E-state index in [2.05, 4.69) is 5.32 Å². The van der Waals surface area contributed by atoms with Gasteiger partial charge in [-0.25, -0.2) is 17.2 Å². The lowest BCUT2D eigenvalue weighted by atomic mass is 10.1. The Bertz CT molecular complexity index is 658. The first-order valence-electron chi connectivity index (χ1n) is 6.75. The molecule has 7 heteroatoms. The first-order chi connectivity index (χ1) is 9.81. The second-order valence-corrected chi connectivity index (χ2v) is 7.49. The number of nitrogens with one attached hydrogen (secondary N) is 1. The maximum atomic E-state index is 13.6. The Labute approximate surface area is 122 Å². The maximum absolute atomic E-state index is 13.6. The lowest BCUT2D eigenvalue weighted by Crippen LogP contribution is -2.24. The van der Waals surface area contributed by atoms with Gasteiger partial charge in [-0.05, 0) is 36.5 Å². The fourth-order valence-electron chi connectivity index (χ4n) is 2.66. The Morgan fingerprint density at radius 2 is 2.10 bits per heavy atom. The largest absolute Gasteiger partial charge is 0.356 e. The molecule has 1 atom stereocenters. The lowest BCUT2D eigenvalue weighted by molar-refractivity contribution is -0.118. The van der Waals surface area contributed by atoms with Crippen LogP contribution in [-0.2, 0) is 21.1 Å². The van der Waals surface area contributed by atoms with Crippen LogP contribution in [0.5, 0.6) is 0 Å². The summed E-state index contributed by atoms with van der Waals surface area (Å²) in [7, 11) is -3.49. The Kier molecular flexibility index (Phi) is 4.61. The van der Waals surface area contributed by atoms with Crippen molar-refractivity contribution in [1.82, 2.24) is 5.32 Å². The van der Waals surface area contributed by atoms with E-state index in [1.54, 1.807) is 0 Å². The number of rotatable bonds is 5. The topological polar surface area (TPSA) is 63.2 Å². The minimum Gasteiger partial charge on any atom is -0.356 e. The van der Waals surface area contributed by atoms with Gasteiger partial charge in [-0.2, -0.15) is 0 Å². The first kappa shape index (κ1) is 15.9. The molecule has 116 valence electrons. The number of fused-ring (bicyclic) bond motifs is 1. The molecule has 1 N–H and O–H groups in total. The van der Waals surface area contributed by atoms with Crippen LogP contribution in [0.15, 0.2) is 12.1 Å². The van der Waals surface area contributed by atoms with E-state index in [9.17, 15) is 22.0 Å². The molecule has 0 aliphatic heterocycles. The molecule has 1 aliphatic carbocycles. The smallest absolute Gasteiger partial charge is 0.216 e. The molecule has 0 saturated carbocycles. The normalized spacial score (nSPS) is 17.6. The molecule has 1 aromatic rings. The molecule has 0 heterocycles. The molecule has 1 aromatic carbocycles. The van der Waals surface area contributed by atoms with Crippen molar-refractivity contribution in [3.63, 3.8) is 0 Å². The molecular formula is C14H17F2NO3S. The molecule has 1 aliphatic rings. The van der Waals surface area contributed by atoms with Gasteiger partial charge >= 0.3 is 0 Å². The summed E-state index contributed by atoms with van der Waals surface area (Å²) in [4.78, 5) is 10.7. The SMILES string of the molecule is CC(=O)NCCCS(=O)(=O)C1CCc2c(F)cc(F)cc21. The fourth-order valence-corrected chi connectivity index (χ4v) is 4.56. The monoisotopic (exact) mass is 317 g/mol. The number of amides is 1. The molecule has 21 heavy (non-hydrogen) atoms. The van der Waals surface area contributed by atoms with E-state index < -0.39 is 26.7 Å². The van der Waals surface area contributed by atoms with Crippen LogP contribution in [0.4, 0.5) is 8.78 Å². The predicted molar refractivity (Wildman–Crippen MR) is 74.5 cm³/mol. The van der Waals surface area contributed by atoms with Gasteiger partial charge in [0, 0.05) is 19.5 Å². The first-order valence-corrected chi connectivity index (χ1v) is 8.46. The van der Waals surface area contributed by atoms with E-state index in [-0.39, 0.29) is 36.6 Å². The third kappa shape index (κ3) is 3.58. The Hall–Kier alpha value is -1.50. The van der Waals surface area contributed by atoms with Gasteiger partial charge in [0.15, 0.2) is 9.84 Å². The summed E-state index contributed by atoms with van der Waals surface area (Å²) < 4.78 is 51.5. The molecule has 0 fully saturated rings. The standard InChI is InChI=1S/C14H17F2NO3S/c1-9(18)17-5-2-6-21(19,20)14-4-3-11-12(14)7-10(15)8-13(11)16/h7-8,14H,2-6H2,1H3,(H,17,18). The summed E-state index contributed by atoms with van der Waals surface area (Å²) in [5.74, 6) is -1.77. The van der Waals surface area contributed by atoms with Gasteiger partial charge in [0.1, 0.15) is 11.6 Å². The summed E-state index contributed by atoms with van der Waals surface area (Å²) >= 11 is 0. The number of benzene rings is 1. The van der Waals surface area contributed by atoms with Crippen molar-refractivity contribution in [3.8, 4) is 0 Å². The van der Waals surface area contributed by atoms with Gasteiger partial charge in [-0.15, -0.1) is 0 Å². The van der Waals surface area contributed by atoms with Gasteiger partial charge in [0.05, 0.1) is 11.0 Å². The summed E-state index contributed by atoms with van der Waals surface area (Å²) in [6, 6.07) is 1.89. The van der Waals surface area contributed by atoms with Gasteiger partial charge in [0.25, 0.3) is 0 Å². The lowest BCUT2D eigenvalue weighted by Gasteiger charge is -2.13. The van der Waals surface area contributed by atoms with Crippen LogP contribution in [0.2, 0.25) is 0 Å². The van der Waals surface area contributed by atoms with Crippen LogP contribution in [0.25, 0.3) is 0 Å². The number of carbonyl (C=O) groups is 1. The molecule has 0 bridgehead atoms. The second-order valence-electron chi connectivity index (χ2n) is 5.19. The fraction of sp³-hybridized carbons (Fsp3) is 0.500. The van der Waals surface area contributed by atoms with E-state index in [0.717, 1.165) is 12.1 Å². The Morgan fingerprint density at radius 3 is 2.76 bits per heavy atom. The number of hydrogen-bond acceptors (Lipinski definition) is 3. The van der Waals surface area contributed by atoms with Crippen LogP contribution in [0.3, 0.4) is 0 Å². The van der Waals surface area contributed by atoms with Crippen LogP contribution in [0.1, 0.15) is 36.1 Å². The van der Waals surface area contributed by atoms with Crippen molar-refractivity contribution in [2.75, 3.05) is 12.3 Å². The molecular weight excluding hydrogens is 300 g/mol. The van der Waals surface area contributed by atoms with Crippen LogP contribution < -0.4 is 5.32 Å². The van der Waals surface area contributed by atoms with E-state index in [1.165, 1.54) is 6.92 Å². The Morgan fingerprint density at radius 1 is 1.38 bits per heavy atom. The molecule has 4 nitrogen and oxygen atoms in total. The summed E-state index contributed by atoms with van der Waals surface area (Å²) in [5, 5.41) is 1.67. The minimum atomic E-state index is -3.49. The predicted octanol–water partition coefficient (Wildman–Crippen LogP) is 1.89. The van der Waals surface area contributed by atoms with Crippen molar-refractivity contribution in [2.45, 2.75) is 31.4 Å². The van der Waals surface area contributed by atoms with Gasteiger partial charge in [-0.1, -0.05) is 0 Å². The van der Waals surface area contributed by atoms with Crippen LogP contribution in [0, 0.1) is 11.6 Å². The quantitative estimate of drug-likeness (QED) is 0.844. The number of halogens is 2. The third-order valence-corrected chi connectivity index (χ3v) is 5.83. The van der Waals surface area contributed by atoms with E-state index in [1.807, 2.05) is 0 Å². The van der Waals surface area contributed by atoms with Crippen molar-refractivity contribution in [1.29, 1.82) is 0 Å².